The average molecular weight is 398 g/mol. The van der Waals surface area contributed by atoms with Gasteiger partial charge in [-0.2, -0.15) is 0 Å². The van der Waals surface area contributed by atoms with E-state index in [2.05, 4.69) is 33.4 Å². The molecule has 0 heterocycles. The Balaban J connectivity index is 0.00000264. The van der Waals surface area contributed by atoms with Crippen molar-refractivity contribution < 1.29 is 4.79 Å². The Hall–Kier alpha value is -1.52. The first kappa shape index (κ1) is 19.5. The van der Waals surface area contributed by atoms with Gasteiger partial charge in [0.15, 0.2) is 0 Å². The van der Waals surface area contributed by atoms with Gasteiger partial charge in [-0.15, -0.1) is 12.4 Å². The predicted molar refractivity (Wildman–Crippen MR) is 102 cm³/mol. The summed E-state index contributed by atoms with van der Waals surface area (Å²) < 4.78 is 1.08. The first-order chi connectivity index (χ1) is 10.5. The van der Waals surface area contributed by atoms with Gasteiger partial charge in [0, 0.05) is 21.8 Å². The molecule has 0 bridgehead atoms. The number of benzene rings is 2. The SMILES string of the molecule is Cc1ccc(N)cc1C(=O)NC(C)CCc1ccc(Br)cc1.Cl. The van der Waals surface area contributed by atoms with Crippen LogP contribution in [0, 0.1) is 6.92 Å². The number of amides is 1. The fourth-order valence-corrected chi connectivity index (χ4v) is 2.56. The molecule has 0 aromatic heterocycles. The highest BCUT2D eigenvalue weighted by molar-refractivity contribution is 9.10. The van der Waals surface area contributed by atoms with E-state index < -0.39 is 0 Å². The average Bonchev–Trinajstić information content (AvgIpc) is 2.49. The van der Waals surface area contributed by atoms with Crippen LogP contribution in [0.5, 0.6) is 0 Å². The van der Waals surface area contributed by atoms with Crippen LogP contribution in [0.2, 0.25) is 0 Å². The summed E-state index contributed by atoms with van der Waals surface area (Å²) in [6.07, 6.45) is 1.83. The molecule has 3 N–H and O–H groups in total. The topological polar surface area (TPSA) is 55.1 Å². The maximum absolute atomic E-state index is 12.3. The first-order valence-electron chi connectivity index (χ1n) is 7.37. The summed E-state index contributed by atoms with van der Waals surface area (Å²) in [5, 5.41) is 3.04. The van der Waals surface area contributed by atoms with Crippen LogP contribution in [0.1, 0.15) is 34.8 Å². The predicted octanol–water partition coefficient (Wildman–Crippen LogP) is 4.51. The molecule has 2 rings (SSSR count). The molecule has 0 spiro atoms. The van der Waals surface area contributed by atoms with Crippen LogP contribution >= 0.6 is 28.3 Å². The lowest BCUT2D eigenvalue weighted by Gasteiger charge is -2.15. The van der Waals surface area contributed by atoms with Gasteiger partial charge < -0.3 is 11.1 Å². The van der Waals surface area contributed by atoms with Gasteiger partial charge in [-0.3, -0.25) is 4.79 Å². The molecular weight excluding hydrogens is 376 g/mol. The highest BCUT2D eigenvalue weighted by Crippen LogP contribution is 2.14. The minimum atomic E-state index is -0.0619. The van der Waals surface area contributed by atoms with E-state index in [9.17, 15) is 4.79 Å². The number of nitrogen functional groups attached to an aromatic ring is 1. The van der Waals surface area contributed by atoms with Crippen LogP contribution in [0.15, 0.2) is 46.9 Å². The molecule has 1 atom stereocenters. The molecule has 0 aliphatic carbocycles. The molecule has 0 fully saturated rings. The summed E-state index contributed by atoms with van der Waals surface area (Å²) in [5.41, 5.74) is 9.22. The smallest absolute Gasteiger partial charge is 0.251 e. The Morgan fingerprint density at radius 1 is 1.22 bits per heavy atom. The highest BCUT2D eigenvalue weighted by atomic mass is 79.9. The minimum absolute atomic E-state index is 0. The van der Waals surface area contributed by atoms with Crippen molar-refractivity contribution in [3.05, 3.63) is 63.6 Å². The van der Waals surface area contributed by atoms with Gasteiger partial charge in [-0.1, -0.05) is 34.1 Å². The van der Waals surface area contributed by atoms with Crippen molar-refractivity contribution in [1.29, 1.82) is 0 Å². The standard InChI is InChI=1S/C18H21BrN2O.ClH/c1-12-3-10-16(20)11-17(12)18(22)21-13(2)4-5-14-6-8-15(19)9-7-14;/h3,6-11,13H,4-5,20H2,1-2H3,(H,21,22);1H. The van der Waals surface area contributed by atoms with E-state index >= 15 is 0 Å². The summed E-state index contributed by atoms with van der Waals surface area (Å²) in [5.74, 6) is -0.0619. The maximum atomic E-state index is 12.3. The van der Waals surface area contributed by atoms with Gasteiger partial charge in [-0.25, -0.2) is 0 Å². The molecule has 0 aliphatic heterocycles. The molecule has 23 heavy (non-hydrogen) atoms. The second-order valence-electron chi connectivity index (χ2n) is 5.61. The summed E-state index contributed by atoms with van der Waals surface area (Å²) in [6.45, 7) is 3.94. The number of nitrogens with two attached hydrogens (primary N) is 1. The number of hydrogen-bond acceptors (Lipinski definition) is 2. The highest BCUT2D eigenvalue weighted by Gasteiger charge is 2.12. The third-order valence-electron chi connectivity index (χ3n) is 3.66. The molecule has 124 valence electrons. The van der Waals surface area contributed by atoms with Crippen molar-refractivity contribution in [2.24, 2.45) is 0 Å². The lowest BCUT2D eigenvalue weighted by molar-refractivity contribution is 0.0938. The van der Waals surface area contributed by atoms with Crippen LogP contribution in [0.3, 0.4) is 0 Å². The van der Waals surface area contributed by atoms with Crippen molar-refractivity contribution in [1.82, 2.24) is 5.32 Å². The lowest BCUT2D eigenvalue weighted by atomic mass is 10.0. The molecule has 5 heteroatoms. The molecule has 0 aliphatic rings. The van der Waals surface area contributed by atoms with Crippen molar-refractivity contribution in [3.63, 3.8) is 0 Å². The van der Waals surface area contributed by atoms with Gasteiger partial charge in [0.1, 0.15) is 0 Å². The van der Waals surface area contributed by atoms with Gasteiger partial charge in [0.05, 0.1) is 0 Å². The molecule has 0 radical (unpaired) electrons. The Morgan fingerprint density at radius 3 is 2.52 bits per heavy atom. The van der Waals surface area contributed by atoms with Crippen molar-refractivity contribution in [2.75, 3.05) is 5.73 Å². The minimum Gasteiger partial charge on any atom is -0.399 e. The Labute approximate surface area is 152 Å². The number of nitrogens with one attached hydrogen (secondary N) is 1. The number of hydrogen-bond donors (Lipinski definition) is 2. The van der Waals surface area contributed by atoms with Crippen LogP contribution < -0.4 is 11.1 Å². The van der Waals surface area contributed by atoms with E-state index in [1.807, 2.05) is 38.1 Å². The summed E-state index contributed by atoms with van der Waals surface area (Å²) >= 11 is 3.43. The Morgan fingerprint density at radius 2 is 1.87 bits per heavy atom. The number of carbonyl (C=O) groups is 1. The monoisotopic (exact) mass is 396 g/mol. The molecule has 3 nitrogen and oxygen atoms in total. The summed E-state index contributed by atoms with van der Waals surface area (Å²) in [4.78, 5) is 12.3. The molecular formula is C18H22BrClN2O. The van der Waals surface area contributed by atoms with Crippen LogP contribution in [0.4, 0.5) is 5.69 Å². The van der Waals surface area contributed by atoms with E-state index in [1.54, 1.807) is 6.07 Å². The quantitative estimate of drug-likeness (QED) is 0.729. The maximum Gasteiger partial charge on any atom is 0.251 e. The number of rotatable bonds is 5. The third kappa shape index (κ3) is 5.88. The number of halogens is 2. The zero-order chi connectivity index (χ0) is 16.1. The van der Waals surface area contributed by atoms with E-state index in [0.29, 0.717) is 11.3 Å². The molecule has 2 aromatic rings. The van der Waals surface area contributed by atoms with Crippen molar-refractivity contribution in [3.8, 4) is 0 Å². The van der Waals surface area contributed by atoms with E-state index in [0.717, 1.165) is 22.9 Å². The fourth-order valence-electron chi connectivity index (χ4n) is 2.29. The van der Waals surface area contributed by atoms with Gasteiger partial charge >= 0.3 is 0 Å². The molecule has 1 unspecified atom stereocenters. The van der Waals surface area contributed by atoms with Crippen LogP contribution in [-0.4, -0.2) is 11.9 Å². The second kappa shape index (κ2) is 8.94. The van der Waals surface area contributed by atoms with Crippen LogP contribution in [0.25, 0.3) is 0 Å². The molecule has 0 saturated carbocycles. The zero-order valence-electron chi connectivity index (χ0n) is 13.3. The Kier molecular flexibility index (Phi) is 7.59. The number of anilines is 1. The second-order valence-corrected chi connectivity index (χ2v) is 6.53. The largest absolute Gasteiger partial charge is 0.399 e. The number of aryl methyl sites for hydroxylation is 2. The van der Waals surface area contributed by atoms with Crippen molar-refractivity contribution in [2.45, 2.75) is 32.7 Å². The number of carbonyl (C=O) groups excluding carboxylic acids is 1. The fraction of sp³-hybridized carbons (Fsp3) is 0.278. The van der Waals surface area contributed by atoms with Gasteiger partial charge in [0.2, 0.25) is 0 Å². The van der Waals surface area contributed by atoms with E-state index in [-0.39, 0.29) is 24.4 Å². The molecule has 1 amide bonds. The Bertz CT molecular complexity index is 659. The first-order valence-corrected chi connectivity index (χ1v) is 8.16. The normalized spacial score (nSPS) is 11.4. The van der Waals surface area contributed by atoms with E-state index in [4.69, 9.17) is 5.73 Å². The van der Waals surface area contributed by atoms with Crippen LogP contribution in [-0.2, 0) is 6.42 Å². The molecule has 2 aromatic carbocycles. The summed E-state index contributed by atoms with van der Waals surface area (Å²) in [6, 6.07) is 13.8. The van der Waals surface area contributed by atoms with E-state index in [1.165, 1.54) is 5.56 Å². The van der Waals surface area contributed by atoms with Gasteiger partial charge in [-0.05, 0) is 62.1 Å². The van der Waals surface area contributed by atoms with Gasteiger partial charge in [0.25, 0.3) is 5.91 Å². The molecule has 0 saturated heterocycles. The summed E-state index contributed by atoms with van der Waals surface area (Å²) in [7, 11) is 0. The van der Waals surface area contributed by atoms with Crippen molar-refractivity contribution >= 4 is 39.9 Å². The third-order valence-corrected chi connectivity index (χ3v) is 4.19. The lowest BCUT2D eigenvalue weighted by Crippen LogP contribution is -2.33. The zero-order valence-corrected chi connectivity index (χ0v) is 15.7.